The van der Waals surface area contributed by atoms with Crippen molar-refractivity contribution >= 4 is 35.3 Å². The van der Waals surface area contributed by atoms with Gasteiger partial charge in [-0.3, -0.25) is 0 Å². The molecule has 0 aliphatic heterocycles. The minimum Gasteiger partial charge on any atom is -0.0626 e. The number of hydrogen-bond donors (Lipinski definition) is 0. The Bertz CT molecular complexity index is 1230. The van der Waals surface area contributed by atoms with Gasteiger partial charge >= 0.3 is 0 Å². The van der Waals surface area contributed by atoms with E-state index in [1.165, 1.54) is 34.4 Å². The molecule has 0 saturated carbocycles. The summed E-state index contributed by atoms with van der Waals surface area (Å²) in [5, 5.41) is 5.91. The van der Waals surface area contributed by atoms with Crippen LogP contribution in [0.4, 0.5) is 0 Å². The molecule has 0 N–H and O–H groups in total. The summed E-state index contributed by atoms with van der Waals surface area (Å²) in [7, 11) is -1.89. The zero-order valence-corrected chi connectivity index (χ0v) is 19.5. The number of fused-ring (bicyclic) bond motifs is 2. The van der Waals surface area contributed by atoms with Crippen LogP contribution in [0.25, 0.3) is 16.8 Å². The first-order valence-electron chi connectivity index (χ1n) is 11.5. The van der Waals surface area contributed by atoms with Crippen LogP contribution in [0.3, 0.4) is 0 Å². The topological polar surface area (TPSA) is 0 Å². The maximum Gasteiger partial charge on any atom is 0.116 e. The molecule has 4 aromatic rings. The van der Waals surface area contributed by atoms with Gasteiger partial charge in [0.1, 0.15) is 8.07 Å². The van der Waals surface area contributed by atoms with E-state index < -0.39 is 8.07 Å². The summed E-state index contributed by atoms with van der Waals surface area (Å²) in [6.45, 7) is 5.01. The standard InChI is InChI=1S/C30H30Si/c1-23(27-21-25-12-6-7-13-26(25)22-27)19-20-31(2,28-15-4-3-5-16-28)30-18-10-14-24-11-8-9-17-29(24)30/h3-18,21,23H,19-20,22H2,1-2H3/t23-,31?/m1/s1. The summed E-state index contributed by atoms with van der Waals surface area (Å²) in [6, 6.07) is 37.2. The van der Waals surface area contributed by atoms with E-state index in [0.717, 1.165) is 6.42 Å². The molecule has 0 bridgehead atoms. The van der Waals surface area contributed by atoms with Crippen molar-refractivity contribution in [3.63, 3.8) is 0 Å². The fraction of sp³-hybridized carbons (Fsp3) is 0.200. The van der Waals surface area contributed by atoms with E-state index >= 15 is 0 Å². The molecule has 0 aromatic heterocycles. The Kier molecular flexibility index (Phi) is 5.37. The lowest BCUT2D eigenvalue weighted by Gasteiger charge is -2.31. The average Bonchev–Trinajstić information content (AvgIpc) is 3.27. The van der Waals surface area contributed by atoms with Crippen LogP contribution < -0.4 is 10.4 Å². The van der Waals surface area contributed by atoms with E-state index in [2.05, 4.69) is 117 Å². The molecule has 1 aliphatic rings. The van der Waals surface area contributed by atoms with E-state index in [4.69, 9.17) is 0 Å². The number of allylic oxidation sites excluding steroid dienone is 1. The van der Waals surface area contributed by atoms with Gasteiger partial charge < -0.3 is 0 Å². The van der Waals surface area contributed by atoms with Crippen molar-refractivity contribution in [1.82, 2.24) is 0 Å². The molecule has 0 fully saturated rings. The fourth-order valence-electron chi connectivity index (χ4n) is 5.26. The maximum absolute atomic E-state index is 2.58. The van der Waals surface area contributed by atoms with Crippen molar-refractivity contribution < 1.29 is 0 Å². The molecule has 1 unspecified atom stereocenters. The highest BCUT2D eigenvalue weighted by atomic mass is 28.3. The van der Waals surface area contributed by atoms with Gasteiger partial charge in [0, 0.05) is 0 Å². The lowest BCUT2D eigenvalue weighted by molar-refractivity contribution is 0.643. The summed E-state index contributed by atoms with van der Waals surface area (Å²) in [5.74, 6) is 0.609. The molecular weight excluding hydrogens is 388 g/mol. The summed E-state index contributed by atoms with van der Waals surface area (Å²) < 4.78 is 0. The van der Waals surface area contributed by atoms with Crippen molar-refractivity contribution in [2.24, 2.45) is 5.92 Å². The molecule has 4 aromatic carbocycles. The largest absolute Gasteiger partial charge is 0.116 e. The third-order valence-corrected chi connectivity index (χ3v) is 11.8. The van der Waals surface area contributed by atoms with Gasteiger partial charge in [-0.2, -0.15) is 0 Å². The van der Waals surface area contributed by atoms with Gasteiger partial charge in [-0.1, -0.05) is 127 Å². The molecule has 2 atom stereocenters. The molecular formula is C30H30Si. The molecule has 0 spiro atoms. The van der Waals surface area contributed by atoms with Crippen molar-refractivity contribution in [1.29, 1.82) is 0 Å². The van der Waals surface area contributed by atoms with Crippen LogP contribution >= 0.6 is 0 Å². The van der Waals surface area contributed by atoms with Crippen LogP contribution in [0.5, 0.6) is 0 Å². The second-order valence-electron chi connectivity index (χ2n) is 9.26. The quantitative estimate of drug-likeness (QED) is 0.306. The normalized spacial score (nSPS) is 15.9. The van der Waals surface area contributed by atoms with Crippen molar-refractivity contribution in [3.8, 4) is 0 Å². The van der Waals surface area contributed by atoms with Gasteiger partial charge in [0.2, 0.25) is 0 Å². The maximum atomic E-state index is 2.58. The van der Waals surface area contributed by atoms with E-state index in [9.17, 15) is 0 Å². The van der Waals surface area contributed by atoms with E-state index in [-0.39, 0.29) is 0 Å². The van der Waals surface area contributed by atoms with Gasteiger partial charge in [0.15, 0.2) is 0 Å². The molecule has 31 heavy (non-hydrogen) atoms. The second kappa shape index (κ2) is 8.32. The van der Waals surface area contributed by atoms with E-state index in [1.54, 1.807) is 15.9 Å². The van der Waals surface area contributed by atoms with Gasteiger partial charge in [-0.15, -0.1) is 0 Å². The summed E-state index contributed by atoms with van der Waals surface area (Å²) >= 11 is 0. The second-order valence-corrected chi connectivity index (χ2v) is 13.5. The van der Waals surface area contributed by atoms with Crippen LogP contribution in [0.1, 0.15) is 24.5 Å². The molecule has 0 nitrogen and oxygen atoms in total. The highest BCUT2D eigenvalue weighted by molar-refractivity contribution is 7.02. The zero-order valence-electron chi connectivity index (χ0n) is 18.5. The van der Waals surface area contributed by atoms with Gasteiger partial charge in [0.05, 0.1) is 0 Å². The van der Waals surface area contributed by atoms with Crippen molar-refractivity contribution in [2.75, 3.05) is 0 Å². The number of hydrogen-bond acceptors (Lipinski definition) is 0. The van der Waals surface area contributed by atoms with Crippen LogP contribution in [-0.2, 0) is 6.42 Å². The predicted octanol–water partition coefficient (Wildman–Crippen LogP) is 6.70. The molecule has 5 rings (SSSR count). The fourth-order valence-corrected chi connectivity index (χ4v) is 9.35. The van der Waals surface area contributed by atoms with E-state index in [0.29, 0.717) is 5.92 Å². The Morgan fingerprint density at radius 1 is 0.774 bits per heavy atom. The average molecular weight is 419 g/mol. The Labute approximate surface area is 187 Å². The highest BCUT2D eigenvalue weighted by Crippen LogP contribution is 2.33. The lowest BCUT2D eigenvalue weighted by Crippen LogP contribution is -2.55. The summed E-state index contributed by atoms with van der Waals surface area (Å²) in [6.07, 6.45) is 4.80. The van der Waals surface area contributed by atoms with Gasteiger partial charge in [-0.25, -0.2) is 0 Å². The molecule has 0 heterocycles. The molecule has 1 heteroatoms. The monoisotopic (exact) mass is 418 g/mol. The van der Waals surface area contributed by atoms with Crippen LogP contribution in [0.2, 0.25) is 12.6 Å². The summed E-state index contributed by atoms with van der Waals surface area (Å²) in [5.41, 5.74) is 4.51. The summed E-state index contributed by atoms with van der Waals surface area (Å²) in [4.78, 5) is 0. The van der Waals surface area contributed by atoms with Gasteiger partial charge in [-0.05, 0) is 51.9 Å². The third-order valence-electron chi connectivity index (χ3n) is 7.30. The van der Waals surface area contributed by atoms with Crippen molar-refractivity contribution in [3.05, 3.63) is 114 Å². The van der Waals surface area contributed by atoms with Crippen LogP contribution in [0.15, 0.2) is 103 Å². The minimum absolute atomic E-state index is 0.609. The predicted molar refractivity (Wildman–Crippen MR) is 138 cm³/mol. The van der Waals surface area contributed by atoms with E-state index in [1.807, 2.05) is 0 Å². The minimum atomic E-state index is -1.89. The van der Waals surface area contributed by atoms with Crippen molar-refractivity contribution in [2.45, 2.75) is 32.4 Å². The first-order chi connectivity index (χ1) is 15.1. The Hall–Kier alpha value is -2.90. The first kappa shape index (κ1) is 20.0. The molecule has 1 aliphatic carbocycles. The highest BCUT2D eigenvalue weighted by Gasteiger charge is 2.33. The molecule has 0 radical (unpaired) electrons. The molecule has 154 valence electrons. The Balaban J connectivity index is 1.48. The van der Waals surface area contributed by atoms with Crippen LogP contribution in [-0.4, -0.2) is 8.07 Å². The lowest BCUT2D eigenvalue weighted by atomic mass is 9.97. The molecule has 0 saturated heterocycles. The zero-order chi connectivity index (χ0) is 21.3. The molecule has 0 amide bonds. The SMILES string of the molecule is C[C@H](CC[Si](C)(c1ccccc1)c1cccc2ccccc12)C1=Cc2ccccc2C1. The Morgan fingerprint density at radius 2 is 1.48 bits per heavy atom. The van der Waals surface area contributed by atoms with Crippen LogP contribution in [0, 0.1) is 5.92 Å². The first-order valence-corrected chi connectivity index (χ1v) is 14.2. The number of benzene rings is 4. The third kappa shape index (κ3) is 3.79. The van der Waals surface area contributed by atoms with Gasteiger partial charge in [0.25, 0.3) is 0 Å². The smallest absolute Gasteiger partial charge is 0.0626 e. The number of rotatable bonds is 6. The Morgan fingerprint density at radius 3 is 2.32 bits per heavy atom.